The van der Waals surface area contributed by atoms with Crippen molar-refractivity contribution in [2.75, 3.05) is 7.11 Å². The molecule has 0 unspecified atom stereocenters. The first-order valence-electron chi connectivity index (χ1n) is 7.15. The van der Waals surface area contributed by atoms with E-state index >= 15 is 0 Å². The largest absolute Gasteiger partial charge is 0.494 e. The van der Waals surface area contributed by atoms with Gasteiger partial charge in [0.05, 0.1) is 12.7 Å². The molecular formula is C16H23FO2. The van der Waals surface area contributed by atoms with Gasteiger partial charge in [0.15, 0.2) is 11.6 Å². The molecule has 1 aliphatic carbocycles. The molecule has 0 aliphatic heterocycles. The third-order valence-corrected chi connectivity index (χ3v) is 4.32. The Morgan fingerprint density at radius 2 is 2.05 bits per heavy atom. The van der Waals surface area contributed by atoms with Crippen LogP contribution >= 0.6 is 0 Å². The summed E-state index contributed by atoms with van der Waals surface area (Å²) in [6.07, 6.45) is 5.93. The number of rotatable bonds is 4. The van der Waals surface area contributed by atoms with Crippen LogP contribution in [0.2, 0.25) is 0 Å². The lowest BCUT2D eigenvalue weighted by atomic mass is 9.74. The molecule has 1 aliphatic rings. The third kappa shape index (κ3) is 3.08. The van der Waals surface area contributed by atoms with Crippen molar-refractivity contribution in [2.24, 2.45) is 5.92 Å². The normalized spacial score (nSPS) is 27.3. The van der Waals surface area contributed by atoms with Crippen molar-refractivity contribution in [3.8, 4) is 5.75 Å². The van der Waals surface area contributed by atoms with E-state index in [0.29, 0.717) is 11.5 Å². The van der Waals surface area contributed by atoms with Gasteiger partial charge in [0, 0.05) is 0 Å². The number of benzene rings is 1. The molecule has 2 nitrogen and oxygen atoms in total. The summed E-state index contributed by atoms with van der Waals surface area (Å²) in [5.74, 6) is 0.546. The van der Waals surface area contributed by atoms with Crippen LogP contribution in [0.1, 0.15) is 51.0 Å². The van der Waals surface area contributed by atoms with E-state index in [1.807, 2.05) is 0 Å². The van der Waals surface area contributed by atoms with E-state index in [1.165, 1.54) is 26.0 Å². The van der Waals surface area contributed by atoms with Crippen LogP contribution in [0.15, 0.2) is 18.2 Å². The summed E-state index contributed by atoms with van der Waals surface area (Å²) in [6.45, 7) is 2.19. The Labute approximate surface area is 114 Å². The summed E-state index contributed by atoms with van der Waals surface area (Å²) in [5.41, 5.74) is -0.182. The second-order valence-electron chi connectivity index (χ2n) is 5.61. The highest BCUT2D eigenvalue weighted by atomic mass is 19.1. The van der Waals surface area contributed by atoms with Crippen molar-refractivity contribution in [3.05, 3.63) is 29.6 Å². The molecule has 0 saturated heterocycles. The average Bonchev–Trinajstić information content (AvgIpc) is 2.42. The number of aliphatic hydroxyl groups is 1. The van der Waals surface area contributed by atoms with Crippen LogP contribution in [0.25, 0.3) is 0 Å². The topological polar surface area (TPSA) is 29.5 Å². The van der Waals surface area contributed by atoms with Gasteiger partial charge in [-0.05, 0) is 49.3 Å². The molecule has 1 N–H and O–H groups in total. The number of ether oxygens (including phenoxy) is 1. The summed E-state index contributed by atoms with van der Waals surface area (Å²) >= 11 is 0. The van der Waals surface area contributed by atoms with E-state index in [4.69, 9.17) is 4.74 Å². The van der Waals surface area contributed by atoms with Crippen LogP contribution in [0.4, 0.5) is 4.39 Å². The van der Waals surface area contributed by atoms with Gasteiger partial charge >= 0.3 is 0 Å². The van der Waals surface area contributed by atoms with Gasteiger partial charge in [0.1, 0.15) is 0 Å². The Kier molecular flexibility index (Phi) is 4.46. The zero-order valence-electron chi connectivity index (χ0n) is 11.8. The number of hydrogen-bond donors (Lipinski definition) is 1. The van der Waals surface area contributed by atoms with Gasteiger partial charge < -0.3 is 9.84 Å². The second kappa shape index (κ2) is 5.91. The maximum Gasteiger partial charge on any atom is 0.165 e. The monoisotopic (exact) mass is 266 g/mol. The Bertz CT molecular complexity index is 423. The van der Waals surface area contributed by atoms with Gasteiger partial charge in [-0.2, -0.15) is 0 Å². The quantitative estimate of drug-likeness (QED) is 0.892. The molecule has 0 bridgehead atoms. The maximum absolute atomic E-state index is 13.7. The van der Waals surface area contributed by atoms with E-state index in [1.54, 1.807) is 12.1 Å². The molecule has 0 heterocycles. The molecule has 19 heavy (non-hydrogen) atoms. The Hall–Kier alpha value is -1.09. The van der Waals surface area contributed by atoms with Crippen LogP contribution in [0.5, 0.6) is 5.75 Å². The molecule has 0 amide bonds. The summed E-state index contributed by atoms with van der Waals surface area (Å²) in [7, 11) is 1.45. The van der Waals surface area contributed by atoms with E-state index in [9.17, 15) is 9.50 Å². The zero-order chi connectivity index (χ0) is 13.9. The fourth-order valence-electron chi connectivity index (χ4n) is 3.10. The van der Waals surface area contributed by atoms with Crippen molar-refractivity contribution in [1.29, 1.82) is 0 Å². The SMILES string of the molecule is CCCC1CCC(O)(c2ccc(OC)c(F)c2)CC1. The van der Waals surface area contributed by atoms with Crippen LogP contribution in [0, 0.1) is 11.7 Å². The second-order valence-corrected chi connectivity index (χ2v) is 5.61. The number of hydrogen-bond acceptors (Lipinski definition) is 2. The molecular weight excluding hydrogens is 243 g/mol. The minimum atomic E-state index is -0.864. The minimum absolute atomic E-state index is 0.229. The van der Waals surface area contributed by atoms with Crippen molar-refractivity contribution >= 4 is 0 Å². The van der Waals surface area contributed by atoms with Gasteiger partial charge in [-0.1, -0.05) is 25.8 Å². The average molecular weight is 266 g/mol. The van der Waals surface area contributed by atoms with Crippen LogP contribution < -0.4 is 4.74 Å². The fraction of sp³-hybridized carbons (Fsp3) is 0.625. The Morgan fingerprint density at radius 3 is 2.58 bits per heavy atom. The molecule has 0 atom stereocenters. The predicted molar refractivity (Wildman–Crippen MR) is 73.7 cm³/mol. The predicted octanol–water partition coefficient (Wildman–Crippen LogP) is 4.01. The Morgan fingerprint density at radius 1 is 1.37 bits per heavy atom. The molecule has 1 aromatic rings. The van der Waals surface area contributed by atoms with Gasteiger partial charge in [0.25, 0.3) is 0 Å². The third-order valence-electron chi connectivity index (χ3n) is 4.32. The van der Waals surface area contributed by atoms with Crippen molar-refractivity contribution in [3.63, 3.8) is 0 Å². The first-order chi connectivity index (χ1) is 9.09. The molecule has 2 rings (SSSR count). The summed E-state index contributed by atoms with van der Waals surface area (Å²) < 4.78 is 18.6. The lowest BCUT2D eigenvalue weighted by Crippen LogP contribution is -2.31. The minimum Gasteiger partial charge on any atom is -0.494 e. The van der Waals surface area contributed by atoms with E-state index < -0.39 is 11.4 Å². The smallest absolute Gasteiger partial charge is 0.165 e. The first-order valence-corrected chi connectivity index (χ1v) is 7.15. The summed E-state index contributed by atoms with van der Waals surface area (Å²) in [4.78, 5) is 0. The maximum atomic E-state index is 13.7. The number of methoxy groups -OCH3 is 1. The van der Waals surface area contributed by atoms with Gasteiger partial charge in [0.2, 0.25) is 0 Å². The zero-order valence-corrected chi connectivity index (χ0v) is 11.8. The molecule has 1 saturated carbocycles. The molecule has 0 radical (unpaired) electrons. The van der Waals surface area contributed by atoms with Gasteiger partial charge in [-0.15, -0.1) is 0 Å². The van der Waals surface area contributed by atoms with Crippen molar-refractivity contribution in [1.82, 2.24) is 0 Å². The highest BCUT2D eigenvalue weighted by Crippen LogP contribution is 2.41. The van der Waals surface area contributed by atoms with E-state index in [2.05, 4.69) is 6.92 Å². The van der Waals surface area contributed by atoms with Crippen LogP contribution in [-0.4, -0.2) is 12.2 Å². The molecule has 106 valence electrons. The van der Waals surface area contributed by atoms with Crippen molar-refractivity contribution in [2.45, 2.75) is 51.0 Å². The first kappa shape index (κ1) is 14.3. The lowest BCUT2D eigenvalue weighted by Gasteiger charge is -2.36. The molecule has 1 aromatic carbocycles. The highest BCUT2D eigenvalue weighted by Gasteiger charge is 2.34. The molecule has 0 spiro atoms. The van der Waals surface area contributed by atoms with Crippen molar-refractivity contribution < 1.29 is 14.2 Å². The van der Waals surface area contributed by atoms with Crippen LogP contribution in [-0.2, 0) is 5.60 Å². The van der Waals surface area contributed by atoms with Gasteiger partial charge in [-0.3, -0.25) is 0 Å². The van der Waals surface area contributed by atoms with Gasteiger partial charge in [-0.25, -0.2) is 4.39 Å². The highest BCUT2D eigenvalue weighted by molar-refractivity contribution is 5.32. The molecule has 1 fully saturated rings. The summed E-state index contributed by atoms with van der Waals surface area (Å²) in [6, 6.07) is 4.79. The van der Waals surface area contributed by atoms with E-state index in [-0.39, 0.29) is 5.75 Å². The van der Waals surface area contributed by atoms with Crippen LogP contribution in [0.3, 0.4) is 0 Å². The lowest BCUT2D eigenvalue weighted by molar-refractivity contribution is -0.0155. The number of halogens is 1. The molecule has 0 aromatic heterocycles. The fourth-order valence-corrected chi connectivity index (χ4v) is 3.10. The van der Waals surface area contributed by atoms with E-state index in [0.717, 1.165) is 25.7 Å². The Balaban J connectivity index is 2.11. The molecule has 3 heteroatoms. The summed E-state index contributed by atoms with van der Waals surface area (Å²) in [5, 5.41) is 10.7. The standard InChI is InChI=1S/C16H23FO2/c1-3-4-12-7-9-16(18,10-8-12)13-5-6-15(19-2)14(17)11-13/h5-6,11-12,18H,3-4,7-10H2,1-2H3.